The molecule has 1 rings (SSSR count). The van der Waals surface area contributed by atoms with E-state index in [4.69, 9.17) is 0 Å². The first-order chi connectivity index (χ1) is 9.13. The fraction of sp³-hybridized carbons (Fsp3) is 1.00. The summed E-state index contributed by atoms with van der Waals surface area (Å²) in [5.74, 6) is -1.63. The van der Waals surface area contributed by atoms with E-state index in [1.807, 2.05) is 13.8 Å². The van der Waals surface area contributed by atoms with Crippen LogP contribution in [0.25, 0.3) is 0 Å². The molecule has 8 heteroatoms. The number of piperidine rings is 1. The van der Waals surface area contributed by atoms with Crippen molar-refractivity contribution in [3.8, 4) is 0 Å². The molecular formula is C12H23F3N2O2S. The molecule has 1 N–H and O–H groups in total. The van der Waals surface area contributed by atoms with Crippen LogP contribution in [0.15, 0.2) is 0 Å². The highest BCUT2D eigenvalue weighted by Crippen LogP contribution is 2.33. The maximum absolute atomic E-state index is 12.7. The number of halogens is 3. The van der Waals surface area contributed by atoms with Crippen molar-refractivity contribution in [1.29, 1.82) is 0 Å². The third-order valence-corrected chi connectivity index (χ3v) is 5.30. The first-order valence-corrected chi connectivity index (χ1v) is 8.52. The highest BCUT2D eigenvalue weighted by atomic mass is 32.2. The van der Waals surface area contributed by atoms with Crippen LogP contribution in [-0.2, 0) is 10.0 Å². The average Bonchev–Trinajstić information content (AvgIpc) is 2.34. The average molecular weight is 316 g/mol. The standard InChI is InChI=1S/C12H23F3N2O2S/c1-10(2)16-6-4-8-20(18,19)17-7-3-5-11(9-17)12(13,14)15/h10-11,16H,3-9H2,1-2H3. The maximum atomic E-state index is 12.7. The summed E-state index contributed by atoms with van der Waals surface area (Å²) >= 11 is 0. The highest BCUT2D eigenvalue weighted by molar-refractivity contribution is 7.89. The van der Waals surface area contributed by atoms with Crippen LogP contribution in [0.1, 0.15) is 33.1 Å². The lowest BCUT2D eigenvalue weighted by atomic mass is 9.99. The molecule has 1 unspecified atom stereocenters. The van der Waals surface area contributed by atoms with Crippen molar-refractivity contribution in [2.24, 2.45) is 5.92 Å². The Hall–Kier alpha value is -0.340. The predicted molar refractivity (Wildman–Crippen MR) is 71.9 cm³/mol. The molecule has 0 aromatic heterocycles. The molecule has 0 aromatic carbocycles. The van der Waals surface area contributed by atoms with Crippen LogP contribution >= 0.6 is 0 Å². The van der Waals surface area contributed by atoms with Crippen LogP contribution in [0.5, 0.6) is 0 Å². The van der Waals surface area contributed by atoms with E-state index in [2.05, 4.69) is 5.32 Å². The highest BCUT2D eigenvalue weighted by Gasteiger charge is 2.43. The second kappa shape index (κ2) is 7.09. The Labute approximate surface area is 118 Å². The Morgan fingerprint density at radius 3 is 2.55 bits per heavy atom. The molecule has 120 valence electrons. The van der Waals surface area contributed by atoms with E-state index in [0.717, 1.165) is 4.31 Å². The Morgan fingerprint density at radius 1 is 1.35 bits per heavy atom. The largest absolute Gasteiger partial charge is 0.393 e. The number of nitrogens with zero attached hydrogens (tertiary/aromatic N) is 1. The Morgan fingerprint density at radius 2 is 2.00 bits per heavy atom. The smallest absolute Gasteiger partial charge is 0.314 e. The minimum atomic E-state index is -4.31. The van der Waals surface area contributed by atoms with Gasteiger partial charge < -0.3 is 5.32 Å². The van der Waals surface area contributed by atoms with Gasteiger partial charge in [-0.3, -0.25) is 0 Å². The zero-order chi connectivity index (χ0) is 15.4. The van der Waals surface area contributed by atoms with Crippen molar-refractivity contribution in [2.45, 2.75) is 45.3 Å². The molecule has 1 aliphatic heterocycles. The zero-order valence-electron chi connectivity index (χ0n) is 11.9. The first kappa shape index (κ1) is 17.7. The lowest BCUT2D eigenvalue weighted by Gasteiger charge is -2.32. The molecule has 1 heterocycles. The fourth-order valence-electron chi connectivity index (χ4n) is 2.24. The third kappa shape index (κ3) is 5.57. The Bertz CT molecular complexity index is 396. The normalized spacial score (nSPS) is 22.4. The van der Waals surface area contributed by atoms with Gasteiger partial charge in [0.25, 0.3) is 0 Å². The van der Waals surface area contributed by atoms with Crippen LogP contribution in [0.2, 0.25) is 0 Å². The van der Waals surface area contributed by atoms with Gasteiger partial charge in [0.1, 0.15) is 0 Å². The van der Waals surface area contributed by atoms with Gasteiger partial charge in [-0.1, -0.05) is 13.8 Å². The second-order valence-corrected chi connectivity index (χ2v) is 7.61. The molecular weight excluding hydrogens is 293 g/mol. The van der Waals surface area contributed by atoms with Gasteiger partial charge in [0, 0.05) is 19.1 Å². The minimum Gasteiger partial charge on any atom is -0.314 e. The number of hydrogen-bond acceptors (Lipinski definition) is 3. The van der Waals surface area contributed by atoms with E-state index in [1.54, 1.807) is 0 Å². The number of alkyl halides is 3. The quantitative estimate of drug-likeness (QED) is 0.762. The summed E-state index contributed by atoms with van der Waals surface area (Å²) in [5.41, 5.74) is 0. The summed E-state index contributed by atoms with van der Waals surface area (Å²) in [7, 11) is -3.58. The van der Waals surface area contributed by atoms with Gasteiger partial charge in [0.15, 0.2) is 0 Å². The van der Waals surface area contributed by atoms with E-state index < -0.39 is 28.7 Å². The van der Waals surface area contributed by atoms with Gasteiger partial charge in [-0.2, -0.15) is 13.2 Å². The van der Waals surface area contributed by atoms with Gasteiger partial charge >= 0.3 is 6.18 Å². The summed E-state index contributed by atoms with van der Waals surface area (Å²) < 4.78 is 63.1. The molecule has 0 saturated carbocycles. The van der Waals surface area contributed by atoms with Gasteiger partial charge in [-0.05, 0) is 25.8 Å². The van der Waals surface area contributed by atoms with Gasteiger partial charge in [0.2, 0.25) is 10.0 Å². The minimum absolute atomic E-state index is 0.0183. The summed E-state index contributed by atoms with van der Waals surface area (Å²) in [6.45, 7) is 4.23. The van der Waals surface area contributed by atoms with Gasteiger partial charge in [-0.15, -0.1) is 0 Å². The maximum Gasteiger partial charge on any atom is 0.393 e. The van der Waals surface area contributed by atoms with Crippen molar-refractivity contribution >= 4 is 10.0 Å². The van der Waals surface area contributed by atoms with Crippen LogP contribution in [-0.4, -0.2) is 50.3 Å². The molecule has 0 spiro atoms. The molecule has 1 aliphatic rings. The Kier molecular flexibility index (Phi) is 6.27. The summed E-state index contributed by atoms with van der Waals surface area (Å²) in [6.07, 6.45) is -3.61. The molecule has 0 radical (unpaired) electrons. The van der Waals surface area contributed by atoms with Crippen LogP contribution in [0.3, 0.4) is 0 Å². The van der Waals surface area contributed by atoms with Crippen molar-refractivity contribution in [1.82, 2.24) is 9.62 Å². The number of hydrogen-bond donors (Lipinski definition) is 1. The topological polar surface area (TPSA) is 49.4 Å². The van der Waals surface area contributed by atoms with Crippen LogP contribution < -0.4 is 5.32 Å². The lowest BCUT2D eigenvalue weighted by Crippen LogP contribution is -2.45. The van der Waals surface area contributed by atoms with Crippen molar-refractivity contribution in [3.05, 3.63) is 0 Å². The number of sulfonamides is 1. The zero-order valence-corrected chi connectivity index (χ0v) is 12.7. The molecule has 0 aliphatic carbocycles. The van der Waals surface area contributed by atoms with Crippen molar-refractivity contribution in [3.63, 3.8) is 0 Å². The van der Waals surface area contributed by atoms with Crippen LogP contribution in [0, 0.1) is 5.92 Å². The van der Waals surface area contributed by atoms with Gasteiger partial charge in [0.05, 0.1) is 11.7 Å². The Balaban J connectivity index is 2.50. The molecule has 20 heavy (non-hydrogen) atoms. The van der Waals surface area contributed by atoms with Crippen molar-refractivity contribution < 1.29 is 21.6 Å². The van der Waals surface area contributed by atoms with E-state index in [9.17, 15) is 21.6 Å². The molecule has 1 atom stereocenters. The van der Waals surface area contributed by atoms with E-state index in [0.29, 0.717) is 13.0 Å². The van der Waals surface area contributed by atoms with Gasteiger partial charge in [-0.25, -0.2) is 12.7 Å². The lowest BCUT2D eigenvalue weighted by molar-refractivity contribution is -0.182. The van der Waals surface area contributed by atoms with E-state index >= 15 is 0 Å². The van der Waals surface area contributed by atoms with E-state index in [-0.39, 0.29) is 31.2 Å². The predicted octanol–water partition coefficient (Wildman–Crippen LogP) is 1.98. The monoisotopic (exact) mass is 316 g/mol. The summed E-state index contributed by atoms with van der Waals surface area (Å²) in [6, 6.07) is 0.266. The molecule has 0 aromatic rings. The molecule has 4 nitrogen and oxygen atoms in total. The molecule has 1 fully saturated rings. The van der Waals surface area contributed by atoms with Crippen LogP contribution in [0.4, 0.5) is 13.2 Å². The second-order valence-electron chi connectivity index (χ2n) is 5.52. The molecule has 0 bridgehead atoms. The van der Waals surface area contributed by atoms with E-state index in [1.165, 1.54) is 0 Å². The number of rotatable bonds is 6. The molecule has 1 saturated heterocycles. The molecule has 0 amide bonds. The summed E-state index contributed by atoms with van der Waals surface area (Å²) in [5, 5.41) is 3.09. The number of nitrogens with one attached hydrogen (secondary N) is 1. The summed E-state index contributed by atoms with van der Waals surface area (Å²) in [4.78, 5) is 0. The fourth-order valence-corrected chi connectivity index (χ4v) is 3.82. The third-order valence-electron chi connectivity index (χ3n) is 3.37. The SMILES string of the molecule is CC(C)NCCCS(=O)(=O)N1CCCC(C(F)(F)F)C1. The van der Waals surface area contributed by atoms with Crippen molar-refractivity contribution in [2.75, 3.05) is 25.4 Å². The first-order valence-electron chi connectivity index (χ1n) is 6.91.